The molecule has 0 aliphatic carbocycles. The van der Waals surface area contributed by atoms with Gasteiger partial charge in [0.1, 0.15) is 60.3 Å². The van der Waals surface area contributed by atoms with Crippen molar-refractivity contribution < 1.29 is 98.6 Å². The lowest BCUT2D eigenvalue weighted by Gasteiger charge is -2.23. The molecule has 2 aliphatic rings. The lowest BCUT2D eigenvalue weighted by Crippen LogP contribution is -2.33. The molecule has 31 nitrogen and oxygen atoms in total. The zero-order valence-electron chi connectivity index (χ0n) is 28.2. The van der Waals surface area contributed by atoms with Gasteiger partial charge in [-0.15, -0.1) is 0 Å². The normalized spacial score (nSPS) is 30.7. The number of fused-ring (bicyclic) bond motifs is 2. The predicted octanol–water partition coefficient (Wildman–Crippen LogP) is -2.69. The van der Waals surface area contributed by atoms with Crippen LogP contribution in [0, 0.1) is 0 Å². The number of aliphatic hydroxyl groups excluding tert-OH is 4. The summed E-state index contributed by atoms with van der Waals surface area (Å²) in [5.74, 6) is -0.0414. The van der Waals surface area contributed by atoms with Crippen molar-refractivity contribution in [1.82, 2.24) is 39.0 Å². The van der Waals surface area contributed by atoms with Gasteiger partial charge in [0.15, 0.2) is 35.4 Å². The maximum atomic E-state index is 12.7. The summed E-state index contributed by atoms with van der Waals surface area (Å²) in [7, 11) is -28.9. The van der Waals surface area contributed by atoms with Crippen LogP contribution in [0.2, 0.25) is 0 Å². The highest BCUT2D eigenvalue weighted by atomic mass is 31.3. The molecular formula is C20H30BN10O21P5. The minimum Gasteiger partial charge on any atom is -0.387 e. The van der Waals surface area contributed by atoms with E-state index in [1.54, 1.807) is 0 Å². The monoisotopic (exact) mass is 912 g/mol. The van der Waals surface area contributed by atoms with E-state index in [-0.39, 0.29) is 41.5 Å². The Bertz CT molecular complexity index is 2230. The van der Waals surface area contributed by atoms with Crippen molar-refractivity contribution in [2.75, 3.05) is 24.7 Å². The van der Waals surface area contributed by atoms with Crippen molar-refractivity contribution in [2.45, 2.75) is 49.1 Å². The molecule has 4 aromatic heterocycles. The lowest BCUT2D eigenvalue weighted by atomic mass is 10.1. The van der Waals surface area contributed by atoms with Crippen molar-refractivity contribution in [3.8, 4) is 0 Å². The third-order valence-electron chi connectivity index (χ3n) is 7.72. The predicted molar refractivity (Wildman–Crippen MR) is 183 cm³/mol. The van der Waals surface area contributed by atoms with Crippen LogP contribution in [0.25, 0.3) is 22.3 Å². The smallest absolute Gasteiger partial charge is 0.387 e. The standard InChI is InChI=1S/C20H30BN10O21P5/c21-53(36,49-56(41,42)51-54(37,38)45-1-7-11(32)13(34)19(47-7)30-5-28-9-15(22)24-3-26-17(9)30)50-57(43,44)52-55(39,40)46-2-8-12(33)14(35)20(48-8)31-6-29-10-16(23)25-4-27-18(10)31/h3-8,11-14,19-20,32-35H,1-2,21H2,(H,37,38)(H,39,40)(H,41,42)(H,43,44)(H2,22,24,26)(H2,23,25,27). The molecule has 6 rings (SSSR count). The van der Waals surface area contributed by atoms with Crippen molar-refractivity contribution in [1.29, 1.82) is 0 Å². The Balaban J connectivity index is 1.00. The summed E-state index contributed by atoms with van der Waals surface area (Å²) >= 11 is 0. The first-order valence-electron chi connectivity index (χ1n) is 15.3. The van der Waals surface area contributed by atoms with E-state index in [1.807, 2.05) is 0 Å². The zero-order valence-corrected chi connectivity index (χ0v) is 32.7. The number of phosphoric ester groups is 2. The number of hydrogen-bond acceptors (Lipinski definition) is 25. The topological polar surface area (TPSA) is 460 Å². The van der Waals surface area contributed by atoms with E-state index < -0.39 is 101 Å². The fourth-order valence-corrected chi connectivity index (χ4v) is 12.7. The highest BCUT2D eigenvalue weighted by Crippen LogP contribution is 2.73. The minimum atomic E-state index is -6.09. The van der Waals surface area contributed by atoms with Gasteiger partial charge in [-0.25, -0.2) is 56.8 Å². The second-order valence-corrected chi connectivity index (χ2v) is 20.2. The molecular weight excluding hydrogens is 882 g/mol. The second kappa shape index (κ2) is 16.0. The van der Waals surface area contributed by atoms with Gasteiger partial charge in [0.2, 0.25) is 0 Å². The number of anilines is 2. The number of aliphatic hydroxyl groups is 4. The summed E-state index contributed by atoms with van der Waals surface area (Å²) in [5.41, 5.74) is 11.8. The molecule has 12 N–H and O–H groups in total. The van der Waals surface area contributed by atoms with Crippen LogP contribution in [-0.2, 0) is 58.6 Å². The molecule has 2 fully saturated rings. The molecule has 6 heterocycles. The Kier molecular flexibility index (Phi) is 12.3. The fourth-order valence-electron chi connectivity index (χ4n) is 5.37. The first kappa shape index (κ1) is 43.8. The van der Waals surface area contributed by atoms with Crippen LogP contribution in [-0.4, -0.2) is 136 Å². The molecule has 0 saturated carbocycles. The molecule has 12 atom stereocenters. The lowest BCUT2D eigenvalue weighted by molar-refractivity contribution is -0.0503. The second-order valence-electron chi connectivity index (χ2n) is 11.8. The Labute approximate surface area is 316 Å². The van der Waals surface area contributed by atoms with Crippen LogP contribution in [0.4, 0.5) is 11.6 Å². The summed E-state index contributed by atoms with van der Waals surface area (Å²) in [6.45, 7) is -2.21. The van der Waals surface area contributed by atoms with Crippen LogP contribution in [0.15, 0.2) is 25.3 Å². The fraction of sp³-hybridized carbons (Fsp3) is 0.500. The molecule has 2 aliphatic heterocycles. The number of phosphoric acid groups is 4. The number of nitrogen functional groups attached to an aromatic ring is 2. The molecule has 0 bridgehead atoms. The number of rotatable bonds is 16. The average molecular weight is 912 g/mol. The zero-order chi connectivity index (χ0) is 41.9. The van der Waals surface area contributed by atoms with Gasteiger partial charge >= 0.3 is 31.3 Å². The molecule has 57 heavy (non-hydrogen) atoms. The van der Waals surface area contributed by atoms with Gasteiger partial charge < -0.3 is 60.9 Å². The summed E-state index contributed by atoms with van der Waals surface area (Å²) in [5, 5.41) is 41.9. The molecule has 2 saturated heterocycles. The van der Waals surface area contributed by atoms with Gasteiger partial charge in [0.05, 0.1) is 25.9 Å². The quantitative estimate of drug-likeness (QED) is 0.0404. The maximum Gasteiger partial charge on any atom is 0.487 e. The molecule has 0 spiro atoms. The molecule has 0 aromatic carbocycles. The van der Waals surface area contributed by atoms with Crippen LogP contribution in [0.5, 0.6) is 0 Å². The number of nitrogens with zero attached hydrogens (tertiary/aromatic N) is 8. The van der Waals surface area contributed by atoms with Gasteiger partial charge in [-0.3, -0.25) is 22.7 Å². The number of aromatic nitrogens is 8. The Hall–Kier alpha value is -2.73. The highest BCUT2D eigenvalue weighted by Gasteiger charge is 2.50. The van der Waals surface area contributed by atoms with Crippen LogP contribution in [0.3, 0.4) is 0 Å². The van der Waals surface area contributed by atoms with Crippen LogP contribution >= 0.6 is 38.8 Å². The van der Waals surface area contributed by atoms with Crippen LogP contribution in [0.1, 0.15) is 12.5 Å². The third-order valence-corrected chi connectivity index (χ3v) is 16.0. The van der Waals surface area contributed by atoms with E-state index in [2.05, 4.69) is 56.2 Å². The molecule has 314 valence electrons. The molecule has 4 aromatic rings. The molecule has 12 unspecified atom stereocenters. The highest BCUT2D eigenvalue weighted by molar-refractivity contribution is 7.87. The molecule has 0 amide bonds. The van der Waals surface area contributed by atoms with Crippen molar-refractivity contribution >= 4 is 80.3 Å². The number of imidazole rings is 2. The van der Waals surface area contributed by atoms with Gasteiger partial charge in [-0.1, -0.05) is 0 Å². The summed E-state index contributed by atoms with van der Waals surface area (Å²) in [6.07, 6.45) is -8.65. The first-order valence-corrected chi connectivity index (χ1v) is 23.3. The minimum absolute atomic E-state index is 0.0207. The SMILES string of the molecule is BP(=O)(OP(=O)(O)OP(=O)(O)OCC1OC(n2cnc3c(N)ncnc32)C(O)C1O)OP(=O)(O)OP(=O)(O)OCC1OC(n2cnc3c(N)ncnc32)C(O)C1O. The third kappa shape index (κ3) is 9.85. The summed E-state index contributed by atoms with van der Waals surface area (Å²) < 4.78 is 101. The largest absolute Gasteiger partial charge is 0.487 e. The number of nitrogens with two attached hydrogens (primary N) is 2. The number of hydrogen-bond donors (Lipinski definition) is 10. The van der Waals surface area contributed by atoms with Crippen molar-refractivity contribution in [3.63, 3.8) is 0 Å². The molecule has 0 radical (unpaired) electrons. The maximum absolute atomic E-state index is 12.7. The van der Waals surface area contributed by atoms with Gasteiger partial charge in [-0.2, -0.15) is 8.62 Å². The summed E-state index contributed by atoms with van der Waals surface area (Å²) in [6, 6.07) is 0. The van der Waals surface area contributed by atoms with E-state index in [9.17, 15) is 62.8 Å². The van der Waals surface area contributed by atoms with Crippen LogP contribution < -0.4 is 11.5 Å². The van der Waals surface area contributed by atoms with E-state index in [4.69, 9.17) is 20.9 Å². The van der Waals surface area contributed by atoms with Crippen molar-refractivity contribution in [2.24, 2.45) is 0 Å². The van der Waals surface area contributed by atoms with E-state index >= 15 is 0 Å². The molecule has 37 heteroatoms. The van der Waals surface area contributed by atoms with Gasteiger partial charge in [0, 0.05) is 0 Å². The Morgan fingerprint density at radius 3 is 1.33 bits per heavy atom. The average Bonchev–Trinajstić information content (AvgIpc) is 3.83. The van der Waals surface area contributed by atoms with E-state index in [0.29, 0.717) is 0 Å². The summed E-state index contributed by atoms with van der Waals surface area (Å²) in [4.78, 5) is 63.4. The van der Waals surface area contributed by atoms with Gasteiger partial charge in [-0.05, 0) is 0 Å². The Morgan fingerprint density at radius 2 is 0.965 bits per heavy atom. The first-order chi connectivity index (χ1) is 26.4. The van der Waals surface area contributed by atoms with E-state index in [1.165, 1.54) is 0 Å². The van der Waals surface area contributed by atoms with Crippen molar-refractivity contribution in [3.05, 3.63) is 25.3 Å². The number of ether oxygens (including phenoxy) is 2. The Morgan fingerprint density at radius 1 is 0.596 bits per heavy atom. The van der Waals surface area contributed by atoms with Gasteiger partial charge in [0.25, 0.3) is 15.0 Å². The van der Waals surface area contributed by atoms with E-state index in [0.717, 1.165) is 34.4 Å².